The maximum Gasteiger partial charge on any atom is 0.259 e. The number of hydrogen-bond acceptors (Lipinski definition) is 8. The lowest BCUT2D eigenvalue weighted by Crippen LogP contribution is -2.42. The van der Waals surface area contributed by atoms with E-state index in [-0.39, 0.29) is 29.9 Å². The Morgan fingerprint density at radius 3 is 2.66 bits per heavy atom. The summed E-state index contributed by atoms with van der Waals surface area (Å²) in [7, 11) is 0. The normalized spacial score (nSPS) is 15.8. The maximum atomic E-state index is 13.4. The quantitative estimate of drug-likeness (QED) is 0.417. The Morgan fingerprint density at radius 2 is 1.89 bits per heavy atom. The smallest absolute Gasteiger partial charge is 0.259 e. The molecule has 2 aliphatic heterocycles. The van der Waals surface area contributed by atoms with Gasteiger partial charge >= 0.3 is 0 Å². The first-order chi connectivity index (χ1) is 18.5. The molecule has 0 saturated carbocycles. The Labute approximate surface area is 228 Å². The number of nitrogens with zero attached hydrogens (tertiary/aromatic N) is 3. The zero-order chi connectivity index (χ0) is 26.5. The van der Waals surface area contributed by atoms with Gasteiger partial charge in [-0.15, -0.1) is 11.3 Å². The van der Waals surface area contributed by atoms with Gasteiger partial charge in [-0.1, -0.05) is 30.0 Å². The summed E-state index contributed by atoms with van der Waals surface area (Å²) >= 11 is 2.70. The monoisotopic (exact) mass is 547 g/mol. The molecule has 3 aromatic rings. The van der Waals surface area contributed by atoms with Crippen LogP contribution in [-0.2, 0) is 20.9 Å². The Kier molecular flexibility index (Phi) is 7.85. The van der Waals surface area contributed by atoms with Crippen molar-refractivity contribution in [3.8, 4) is 5.75 Å². The molecule has 2 N–H and O–H groups in total. The fraction of sp³-hybridized carbons (Fsp3) is 0.222. The van der Waals surface area contributed by atoms with Gasteiger partial charge in [-0.3, -0.25) is 19.4 Å². The second kappa shape index (κ2) is 11.6. The number of anilines is 1. The van der Waals surface area contributed by atoms with Crippen molar-refractivity contribution < 1.29 is 19.1 Å². The molecule has 0 bridgehead atoms. The van der Waals surface area contributed by atoms with E-state index in [1.807, 2.05) is 48.7 Å². The Hall–Kier alpha value is -3.96. The van der Waals surface area contributed by atoms with Crippen LogP contribution in [0, 0.1) is 0 Å². The van der Waals surface area contributed by atoms with Crippen molar-refractivity contribution in [2.24, 2.45) is 9.98 Å². The number of rotatable bonds is 9. The van der Waals surface area contributed by atoms with Crippen LogP contribution in [0.4, 0.5) is 11.4 Å². The van der Waals surface area contributed by atoms with Crippen LogP contribution in [0.2, 0.25) is 0 Å². The van der Waals surface area contributed by atoms with Crippen LogP contribution in [0.5, 0.6) is 5.75 Å². The van der Waals surface area contributed by atoms with E-state index in [4.69, 9.17) is 4.74 Å². The van der Waals surface area contributed by atoms with E-state index >= 15 is 0 Å². The summed E-state index contributed by atoms with van der Waals surface area (Å²) in [6.07, 6.45) is -0.0669. The fourth-order valence-corrected chi connectivity index (χ4v) is 5.45. The molecule has 3 heterocycles. The van der Waals surface area contributed by atoms with Gasteiger partial charge in [0.25, 0.3) is 5.91 Å². The van der Waals surface area contributed by atoms with Crippen LogP contribution in [-0.4, -0.2) is 52.0 Å². The minimum Gasteiger partial charge on any atom is -0.494 e. The van der Waals surface area contributed by atoms with Gasteiger partial charge in [-0.05, 0) is 54.8 Å². The third-order valence-electron chi connectivity index (χ3n) is 5.75. The average Bonchev–Trinajstić information content (AvgIpc) is 3.56. The zero-order valence-electron chi connectivity index (χ0n) is 20.5. The van der Waals surface area contributed by atoms with E-state index in [1.54, 1.807) is 35.6 Å². The number of ether oxygens (including phenoxy) is 1. The summed E-state index contributed by atoms with van der Waals surface area (Å²) in [4.78, 5) is 50.3. The molecule has 11 heteroatoms. The van der Waals surface area contributed by atoms with Crippen LogP contribution in [0.1, 0.15) is 23.8 Å². The summed E-state index contributed by atoms with van der Waals surface area (Å²) in [6, 6.07) is 17.5. The molecular weight excluding hydrogens is 522 g/mol. The van der Waals surface area contributed by atoms with Crippen molar-refractivity contribution in [3.63, 3.8) is 0 Å². The molecule has 3 amide bonds. The highest BCUT2D eigenvalue weighted by atomic mass is 32.2. The first-order valence-electron chi connectivity index (χ1n) is 12.1. The predicted octanol–water partition coefficient (Wildman–Crippen LogP) is 4.18. The van der Waals surface area contributed by atoms with Crippen LogP contribution >= 0.6 is 23.1 Å². The van der Waals surface area contributed by atoms with Gasteiger partial charge in [0, 0.05) is 16.1 Å². The molecule has 0 aliphatic carbocycles. The van der Waals surface area contributed by atoms with Gasteiger partial charge in [0.1, 0.15) is 17.6 Å². The minimum absolute atomic E-state index is 0.0389. The fourth-order valence-electron chi connectivity index (χ4n) is 4.01. The largest absolute Gasteiger partial charge is 0.494 e. The standard InChI is InChI=1S/C27H25N5O4S2/c1-2-36-18-11-9-17(10-12-18)29-24(34)16-38-27-31-21-8-4-3-7-20(21)25-30-22(26(35)32(25)27)14-23(33)28-15-19-6-5-13-37-19/h3-13,22H,2,14-16H2,1H3,(H,28,33)(H,29,34)/t22-/m1/s1. The molecule has 5 rings (SSSR count). The van der Waals surface area contributed by atoms with Crippen molar-refractivity contribution in [2.75, 3.05) is 17.7 Å². The number of amidine groups is 2. The first kappa shape index (κ1) is 25.7. The molecule has 0 unspecified atom stereocenters. The Morgan fingerprint density at radius 1 is 1.08 bits per heavy atom. The number of amides is 3. The Balaban J connectivity index is 1.26. The molecule has 1 atom stereocenters. The van der Waals surface area contributed by atoms with Gasteiger partial charge < -0.3 is 15.4 Å². The number of hydrogen-bond donors (Lipinski definition) is 2. The lowest BCUT2D eigenvalue weighted by molar-refractivity contribution is -0.128. The summed E-state index contributed by atoms with van der Waals surface area (Å²) in [5.74, 6) is 0.386. The van der Waals surface area contributed by atoms with E-state index in [0.717, 1.165) is 22.4 Å². The predicted molar refractivity (Wildman–Crippen MR) is 150 cm³/mol. The van der Waals surface area contributed by atoms with Crippen LogP contribution in [0.25, 0.3) is 0 Å². The average molecular weight is 548 g/mol. The van der Waals surface area contributed by atoms with Crippen molar-refractivity contribution >= 4 is 63.2 Å². The summed E-state index contributed by atoms with van der Waals surface area (Å²) in [6.45, 7) is 2.88. The molecule has 2 aliphatic rings. The maximum absolute atomic E-state index is 13.4. The third kappa shape index (κ3) is 5.79. The SMILES string of the molecule is CCOc1ccc(NC(=O)CSC2=Nc3ccccc3C3=N[C@H](CC(=O)NCc4cccs4)C(=O)N23)cc1. The van der Waals surface area contributed by atoms with Gasteiger partial charge in [-0.25, -0.2) is 9.89 Å². The van der Waals surface area contributed by atoms with E-state index in [9.17, 15) is 14.4 Å². The second-order valence-corrected chi connectivity index (χ2v) is 10.4. The highest BCUT2D eigenvalue weighted by Crippen LogP contribution is 2.34. The number of para-hydroxylation sites is 1. The molecule has 0 fully saturated rings. The number of fused-ring (bicyclic) bond motifs is 3. The molecule has 9 nitrogen and oxygen atoms in total. The summed E-state index contributed by atoms with van der Waals surface area (Å²) in [5, 5.41) is 8.00. The summed E-state index contributed by atoms with van der Waals surface area (Å²) < 4.78 is 5.43. The molecular formula is C27H25N5O4S2. The van der Waals surface area contributed by atoms with Gasteiger partial charge in [-0.2, -0.15) is 0 Å². The number of carbonyl (C=O) groups is 3. The van der Waals surface area contributed by atoms with Crippen LogP contribution in [0.15, 0.2) is 76.0 Å². The van der Waals surface area contributed by atoms with E-state index < -0.39 is 6.04 Å². The molecule has 0 radical (unpaired) electrons. The summed E-state index contributed by atoms with van der Waals surface area (Å²) in [5.41, 5.74) is 2.01. The molecule has 1 aromatic heterocycles. The number of aliphatic imine (C=N–C) groups is 2. The first-order valence-corrected chi connectivity index (χ1v) is 13.9. The molecule has 0 spiro atoms. The van der Waals surface area contributed by atoms with Crippen molar-refractivity contribution in [1.29, 1.82) is 0 Å². The van der Waals surface area contributed by atoms with Crippen LogP contribution < -0.4 is 15.4 Å². The van der Waals surface area contributed by atoms with Crippen molar-refractivity contribution in [1.82, 2.24) is 10.2 Å². The third-order valence-corrected chi connectivity index (χ3v) is 7.56. The molecule has 194 valence electrons. The molecule has 2 aromatic carbocycles. The number of nitrogens with one attached hydrogen (secondary N) is 2. The topological polar surface area (TPSA) is 112 Å². The van der Waals surface area contributed by atoms with Gasteiger partial charge in [0.15, 0.2) is 5.17 Å². The lowest BCUT2D eigenvalue weighted by Gasteiger charge is -2.25. The van der Waals surface area contributed by atoms with Crippen molar-refractivity contribution in [3.05, 3.63) is 76.5 Å². The molecule has 38 heavy (non-hydrogen) atoms. The van der Waals surface area contributed by atoms with Gasteiger partial charge in [0.05, 0.1) is 31.0 Å². The van der Waals surface area contributed by atoms with Gasteiger partial charge in [0.2, 0.25) is 11.8 Å². The number of benzene rings is 2. The second-order valence-electron chi connectivity index (χ2n) is 8.41. The van der Waals surface area contributed by atoms with E-state index in [0.29, 0.717) is 41.1 Å². The van der Waals surface area contributed by atoms with Crippen LogP contribution in [0.3, 0.4) is 0 Å². The lowest BCUT2D eigenvalue weighted by atomic mass is 10.1. The minimum atomic E-state index is -0.858. The zero-order valence-corrected chi connectivity index (χ0v) is 22.2. The number of thiophene rings is 1. The number of carbonyl (C=O) groups excluding carboxylic acids is 3. The highest BCUT2D eigenvalue weighted by Gasteiger charge is 2.42. The van der Waals surface area contributed by atoms with Crippen molar-refractivity contribution in [2.45, 2.75) is 25.9 Å². The highest BCUT2D eigenvalue weighted by molar-refractivity contribution is 8.14. The van der Waals surface area contributed by atoms with E-state index in [1.165, 1.54) is 4.90 Å². The Bertz CT molecular complexity index is 1400. The number of thioether (sulfide) groups is 1. The van der Waals surface area contributed by atoms with E-state index in [2.05, 4.69) is 20.6 Å². The molecule has 0 saturated heterocycles.